The van der Waals surface area contributed by atoms with E-state index in [1.165, 1.54) is 5.56 Å². The minimum absolute atomic E-state index is 0.00980. The van der Waals surface area contributed by atoms with Crippen molar-refractivity contribution in [3.8, 4) is 5.75 Å². The van der Waals surface area contributed by atoms with Crippen molar-refractivity contribution < 1.29 is 9.53 Å². The minimum Gasteiger partial charge on any atom is -0.486 e. The van der Waals surface area contributed by atoms with E-state index in [1.54, 1.807) is 0 Å². The molecule has 0 saturated carbocycles. The second-order valence-corrected chi connectivity index (χ2v) is 5.88. The van der Waals surface area contributed by atoms with E-state index in [0.29, 0.717) is 5.75 Å². The number of alkyl halides is 1. The van der Waals surface area contributed by atoms with Crippen molar-refractivity contribution in [2.24, 2.45) is 0 Å². The summed E-state index contributed by atoms with van der Waals surface area (Å²) in [4.78, 5) is 11.8. The summed E-state index contributed by atoms with van der Waals surface area (Å²) in [5.74, 6) is 0.687. The van der Waals surface area contributed by atoms with Crippen LogP contribution in [0.5, 0.6) is 5.75 Å². The maximum Gasteiger partial charge on any atom is 0.172 e. The summed E-state index contributed by atoms with van der Waals surface area (Å²) in [5, 5.41) is 3.17. The molecule has 0 bridgehead atoms. The van der Waals surface area contributed by atoms with Crippen molar-refractivity contribution in [3.63, 3.8) is 0 Å². The lowest BCUT2D eigenvalue weighted by atomic mass is 10.1. The largest absolute Gasteiger partial charge is 0.486 e. The molecule has 1 N–H and O–H groups in total. The molecule has 2 aromatic carbocycles. The van der Waals surface area contributed by atoms with Crippen LogP contribution in [0.3, 0.4) is 0 Å². The van der Waals surface area contributed by atoms with Crippen molar-refractivity contribution in [1.29, 1.82) is 0 Å². The lowest BCUT2D eigenvalue weighted by Crippen LogP contribution is -2.29. The number of nitrogens with one attached hydrogen (secondary N) is 1. The molecule has 0 spiro atoms. The molecule has 2 rings (SSSR count). The van der Waals surface area contributed by atoms with Gasteiger partial charge in [-0.2, -0.15) is 0 Å². The average molecular weight is 332 g/mol. The van der Waals surface area contributed by atoms with Crippen LogP contribution in [0.4, 0.5) is 0 Å². The third-order valence-corrected chi connectivity index (χ3v) is 3.71. The van der Waals surface area contributed by atoms with Crippen LogP contribution in [-0.4, -0.2) is 24.4 Å². The Bertz CT molecular complexity index is 574. The molecule has 2 aromatic rings. The topological polar surface area (TPSA) is 38.3 Å². The molecule has 4 heteroatoms. The molecule has 0 amide bonds. The predicted molar refractivity (Wildman–Crippen MR) is 94.0 cm³/mol. The second-order valence-electron chi connectivity index (χ2n) is 5.36. The number of Topliss-reactive ketones (excluding diaryl/α,β-unsaturated/α-hetero) is 1. The fourth-order valence-corrected chi connectivity index (χ4v) is 2.49. The van der Waals surface area contributed by atoms with Crippen LogP contribution in [0.1, 0.15) is 18.4 Å². The van der Waals surface area contributed by atoms with E-state index in [2.05, 4.69) is 17.4 Å². The van der Waals surface area contributed by atoms with Gasteiger partial charge in [0.25, 0.3) is 0 Å². The van der Waals surface area contributed by atoms with E-state index in [4.69, 9.17) is 16.3 Å². The van der Waals surface area contributed by atoms with Gasteiger partial charge < -0.3 is 10.1 Å². The molecule has 0 aromatic heterocycles. The fourth-order valence-electron chi connectivity index (χ4n) is 2.21. The third kappa shape index (κ3) is 7.31. The summed E-state index contributed by atoms with van der Waals surface area (Å²) < 4.78 is 5.42. The van der Waals surface area contributed by atoms with E-state index >= 15 is 0 Å². The smallest absolute Gasteiger partial charge is 0.172 e. The van der Waals surface area contributed by atoms with Crippen LogP contribution in [0, 0.1) is 0 Å². The van der Waals surface area contributed by atoms with Gasteiger partial charge in [0.15, 0.2) is 5.78 Å². The van der Waals surface area contributed by atoms with Crippen LogP contribution in [0.15, 0.2) is 60.7 Å². The highest BCUT2D eigenvalue weighted by Gasteiger charge is 2.11. The quantitative estimate of drug-likeness (QED) is 0.409. The van der Waals surface area contributed by atoms with E-state index in [0.717, 1.165) is 19.4 Å². The van der Waals surface area contributed by atoms with Gasteiger partial charge in [-0.1, -0.05) is 48.5 Å². The number of ether oxygens (including phenoxy) is 1. The van der Waals surface area contributed by atoms with Gasteiger partial charge in [0, 0.05) is 6.42 Å². The molecule has 3 nitrogen and oxygen atoms in total. The van der Waals surface area contributed by atoms with E-state index in [1.807, 2.05) is 48.5 Å². The number of ketones is 1. The van der Waals surface area contributed by atoms with Crippen molar-refractivity contribution in [2.75, 3.05) is 13.2 Å². The Morgan fingerprint density at radius 1 is 1.04 bits per heavy atom. The summed E-state index contributed by atoms with van der Waals surface area (Å²) >= 11 is 6.15. The van der Waals surface area contributed by atoms with Crippen molar-refractivity contribution in [3.05, 3.63) is 66.2 Å². The summed E-state index contributed by atoms with van der Waals surface area (Å²) in [6.45, 7) is 0.842. The first-order valence-corrected chi connectivity index (χ1v) is 8.28. The minimum atomic E-state index is -0.349. The van der Waals surface area contributed by atoms with E-state index < -0.39 is 0 Å². The highest BCUT2D eigenvalue weighted by Crippen LogP contribution is 2.09. The molecule has 122 valence electrons. The normalized spacial score (nSPS) is 11.9. The number of rotatable bonds is 10. The number of hydrogen-bond acceptors (Lipinski definition) is 3. The fraction of sp³-hybridized carbons (Fsp3) is 0.316. The van der Waals surface area contributed by atoms with E-state index in [-0.39, 0.29) is 24.3 Å². The molecule has 1 atom stereocenters. The van der Waals surface area contributed by atoms with Crippen molar-refractivity contribution in [2.45, 2.75) is 24.8 Å². The van der Waals surface area contributed by atoms with Gasteiger partial charge in [0.1, 0.15) is 12.4 Å². The molecule has 0 radical (unpaired) electrons. The van der Waals surface area contributed by atoms with Gasteiger partial charge in [-0.3, -0.25) is 4.79 Å². The zero-order chi connectivity index (χ0) is 16.3. The molecule has 0 aliphatic carbocycles. The number of carbonyl (C=O) groups excluding carboxylic acids is 1. The molecular formula is C19H22ClNO2. The maximum atomic E-state index is 11.8. The first kappa shape index (κ1) is 17.5. The number of carbonyl (C=O) groups is 1. The molecule has 1 unspecified atom stereocenters. The summed E-state index contributed by atoms with van der Waals surface area (Å²) in [6, 6.07) is 19.6. The number of halogens is 1. The Kier molecular flexibility index (Phi) is 7.64. The summed E-state index contributed by atoms with van der Waals surface area (Å²) in [6.07, 6.45) is 2.25. The van der Waals surface area contributed by atoms with Gasteiger partial charge in [0.2, 0.25) is 0 Å². The molecule has 23 heavy (non-hydrogen) atoms. The Labute approximate surface area is 142 Å². The Hall–Kier alpha value is -1.84. The van der Waals surface area contributed by atoms with Crippen LogP contribution in [0.2, 0.25) is 0 Å². The summed E-state index contributed by atoms with van der Waals surface area (Å²) in [7, 11) is 0. The van der Waals surface area contributed by atoms with Crippen LogP contribution in [-0.2, 0) is 11.2 Å². The van der Waals surface area contributed by atoms with E-state index in [9.17, 15) is 4.79 Å². The average Bonchev–Trinajstić information content (AvgIpc) is 2.59. The van der Waals surface area contributed by atoms with Gasteiger partial charge in [-0.25, -0.2) is 0 Å². The van der Waals surface area contributed by atoms with Gasteiger partial charge in [-0.15, -0.1) is 11.6 Å². The third-order valence-electron chi connectivity index (χ3n) is 3.40. The maximum absolute atomic E-state index is 11.8. The van der Waals surface area contributed by atoms with Gasteiger partial charge in [-0.05, 0) is 37.1 Å². The number of benzene rings is 2. The highest BCUT2D eigenvalue weighted by atomic mass is 35.5. The molecule has 0 saturated heterocycles. The molecule has 0 fully saturated rings. The molecule has 0 aliphatic rings. The van der Waals surface area contributed by atoms with Crippen LogP contribution < -0.4 is 10.1 Å². The molecule has 0 heterocycles. The summed E-state index contributed by atoms with van der Waals surface area (Å²) in [5.41, 5.74) is 0.963. The van der Waals surface area contributed by atoms with Gasteiger partial charge in [0.05, 0.1) is 5.50 Å². The Morgan fingerprint density at radius 3 is 2.39 bits per heavy atom. The number of aryl methyl sites for hydroxylation is 1. The SMILES string of the molecule is O=C(COc1ccccc1)CC(Cl)NCCCc1ccccc1. The lowest BCUT2D eigenvalue weighted by molar-refractivity contribution is -0.121. The number of para-hydroxylation sites is 1. The molecular weight excluding hydrogens is 310 g/mol. The van der Waals surface area contributed by atoms with Crippen molar-refractivity contribution >= 4 is 17.4 Å². The Balaban J connectivity index is 1.57. The van der Waals surface area contributed by atoms with Crippen LogP contribution in [0.25, 0.3) is 0 Å². The zero-order valence-electron chi connectivity index (χ0n) is 13.1. The first-order valence-electron chi connectivity index (χ1n) is 7.85. The Morgan fingerprint density at radius 2 is 1.70 bits per heavy atom. The zero-order valence-corrected chi connectivity index (χ0v) is 13.8. The monoisotopic (exact) mass is 331 g/mol. The first-order chi connectivity index (χ1) is 11.2. The standard InChI is InChI=1S/C19H22ClNO2/c20-19(21-13-7-10-16-8-3-1-4-9-16)14-17(22)15-23-18-11-5-2-6-12-18/h1-6,8-9,11-12,19,21H,7,10,13-15H2. The van der Waals surface area contributed by atoms with Crippen molar-refractivity contribution in [1.82, 2.24) is 5.32 Å². The van der Waals surface area contributed by atoms with Gasteiger partial charge >= 0.3 is 0 Å². The van der Waals surface area contributed by atoms with Crippen LogP contribution >= 0.6 is 11.6 Å². The lowest BCUT2D eigenvalue weighted by Gasteiger charge is -2.11. The predicted octanol–water partition coefficient (Wildman–Crippen LogP) is 3.81. The molecule has 0 aliphatic heterocycles. The number of hydrogen-bond donors (Lipinski definition) is 1. The highest BCUT2D eigenvalue weighted by molar-refractivity contribution is 6.21. The second kappa shape index (κ2) is 10.0.